The molecule has 28 heavy (non-hydrogen) atoms. The fraction of sp³-hybridized carbons (Fsp3) is 0.174. The number of rotatable bonds is 4. The molecule has 3 aromatic carbocycles. The van der Waals surface area contributed by atoms with Crippen LogP contribution in [0.15, 0.2) is 95.9 Å². The Bertz CT molecular complexity index is 996. The van der Waals surface area contributed by atoms with E-state index in [1.165, 1.54) is 0 Å². The monoisotopic (exact) mass is 392 g/mol. The second-order valence-electron chi connectivity index (χ2n) is 6.87. The fourth-order valence-electron chi connectivity index (χ4n) is 3.82. The summed E-state index contributed by atoms with van der Waals surface area (Å²) in [7, 11) is -3.76. The van der Waals surface area contributed by atoms with Crippen LogP contribution in [-0.4, -0.2) is 19.6 Å². The molecule has 4 rings (SSSR count). The minimum atomic E-state index is -3.76. The lowest BCUT2D eigenvalue weighted by atomic mass is 9.85. The van der Waals surface area contributed by atoms with Crippen LogP contribution in [0.3, 0.4) is 0 Å². The Hall–Kier alpha value is -2.92. The highest BCUT2D eigenvalue weighted by molar-refractivity contribution is 7.92. The van der Waals surface area contributed by atoms with E-state index in [1.54, 1.807) is 42.5 Å². The van der Waals surface area contributed by atoms with Crippen LogP contribution in [0, 0.1) is 0 Å². The number of benzene rings is 3. The average molecular weight is 392 g/mol. The molecule has 0 unspecified atom stereocenters. The highest BCUT2D eigenvalue weighted by atomic mass is 32.2. The van der Waals surface area contributed by atoms with Crippen LogP contribution in [0.5, 0.6) is 0 Å². The third kappa shape index (κ3) is 3.45. The van der Waals surface area contributed by atoms with Gasteiger partial charge < -0.3 is 4.74 Å². The standard InChI is InChI=1S/C23H20O4S/c24-21-16-20(17-10-4-1-5-11-17)23(22(27-21)18-12-6-2-7-13-18)28(25,26)19-14-8-3-9-15-19/h1-15,20,22-23H,16H2/t20-,22-,23-/m0/s1. The van der Waals surface area contributed by atoms with E-state index in [4.69, 9.17) is 4.74 Å². The third-order valence-electron chi connectivity index (χ3n) is 5.13. The van der Waals surface area contributed by atoms with Crippen LogP contribution >= 0.6 is 0 Å². The van der Waals surface area contributed by atoms with Crippen molar-refractivity contribution in [1.82, 2.24) is 0 Å². The highest BCUT2D eigenvalue weighted by Crippen LogP contribution is 2.44. The molecule has 142 valence electrons. The van der Waals surface area contributed by atoms with Crippen LogP contribution in [0.25, 0.3) is 0 Å². The smallest absolute Gasteiger partial charge is 0.307 e. The largest absolute Gasteiger partial charge is 0.456 e. The molecular weight excluding hydrogens is 372 g/mol. The Balaban J connectivity index is 1.89. The Morgan fingerprint density at radius 2 is 1.21 bits per heavy atom. The van der Waals surface area contributed by atoms with Gasteiger partial charge in [-0.05, 0) is 23.3 Å². The zero-order chi connectivity index (χ0) is 19.6. The first-order valence-electron chi connectivity index (χ1n) is 9.15. The Morgan fingerprint density at radius 3 is 1.79 bits per heavy atom. The third-order valence-corrected chi connectivity index (χ3v) is 7.35. The highest BCUT2D eigenvalue weighted by Gasteiger charge is 2.48. The van der Waals surface area contributed by atoms with Crippen LogP contribution in [0.4, 0.5) is 0 Å². The maximum absolute atomic E-state index is 13.7. The molecule has 1 fully saturated rings. The summed E-state index contributed by atoms with van der Waals surface area (Å²) in [6.07, 6.45) is -0.831. The van der Waals surface area contributed by atoms with Crippen LogP contribution in [-0.2, 0) is 19.4 Å². The Morgan fingerprint density at radius 1 is 0.714 bits per heavy atom. The topological polar surface area (TPSA) is 60.4 Å². The number of ether oxygens (including phenoxy) is 1. The molecule has 0 spiro atoms. The summed E-state index contributed by atoms with van der Waals surface area (Å²) in [5.41, 5.74) is 1.51. The van der Waals surface area contributed by atoms with Crippen molar-refractivity contribution in [2.45, 2.75) is 28.6 Å². The normalized spacial score (nSPS) is 22.4. The van der Waals surface area contributed by atoms with E-state index >= 15 is 0 Å². The predicted molar refractivity (Wildman–Crippen MR) is 106 cm³/mol. The molecule has 0 N–H and O–H groups in total. The molecule has 1 aliphatic rings. The van der Waals surface area contributed by atoms with E-state index in [1.807, 2.05) is 48.5 Å². The average Bonchev–Trinajstić information content (AvgIpc) is 2.75. The van der Waals surface area contributed by atoms with Gasteiger partial charge in [-0.3, -0.25) is 4.79 Å². The molecule has 0 saturated carbocycles. The molecule has 1 aliphatic heterocycles. The van der Waals surface area contributed by atoms with Gasteiger partial charge >= 0.3 is 5.97 Å². The van der Waals surface area contributed by atoms with Crippen molar-refractivity contribution in [3.8, 4) is 0 Å². The van der Waals surface area contributed by atoms with Crippen LogP contribution in [0.2, 0.25) is 0 Å². The quantitative estimate of drug-likeness (QED) is 0.621. The molecule has 3 aromatic rings. The number of cyclic esters (lactones) is 1. The van der Waals surface area contributed by atoms with Crippen LogP contribution < -0.4 is 0 Å². The number of carbonyl (C=O) groups is 1. The predicted octanol–water partition coefficient (Wildman–Crippen LogP) is 4.30. The second-order valence-corrected chi connectivity index (χ2v) is 8.97. The summed E-state index contributed by atoms with van der Waals surface area (Å²) in [6, 6.07) is 26.8. The van der Waals surface area contributed by atoms with Gasteiger partial charge in [0, 0.05) is 5.92 Å². The molecule has 0 aromatic heterocycles. The van der Waals surface area contributed by atoms with Crippen molar-refractivity contribution >= 4 is 15.8 Å². The lowest BCUT2D eigenvalue weighted by molar-refractivity contribution is -0.154. The minimum Gasteiger partial charge on any atom is -0.456 e. The van der Waals surface area contributed by atoms with Gasteiger partial charge in [-0.2, -0.15) is 0 Å². The van der Waals surface area contributed by atoms with Gasteiger partial charge in [0.2, 0.25) is 0 Å². The molecule has 5 heteroatoms. The molecule has 4 nitrogen and oxygen atoms in total. The van der Waals surface area contributed by atoms with Gasteiger partial charge in [-0.15, -0.1) is 0 Å². The zero-order valence-corrected chi connectivity index (χ0v) is 16.0. The van der Waals surface area contributed by atoms with E-state index in [2.05, 4.69) is 0 Å². The first kappa shape index (κ1) is 18.4. The second kappa shape index (κ2) is 7.60. The molecule has 0 bridgehead atoms. The number of hydrogen-bond donors (Lipinski definition) is 0. The Labute approximate surface area is 164 Å². The Kier molecular flexibility index (Phi) is 5.01. The van der Waals surface area contributed by atoms with E-state index in [0.29, 0.717) is 5.56 Å². The lowest BCUT2D eigenvalue weighted by Gasteiger charge is -2.37. The molecular formula is C23H20O4S. The summed E-state index contributed by atoms with van der Waals surface area (Å²) in [5, 5.41) is -0.905. The van der Waals surface area contributed by atoms with Gasteiger partial charge in [-0.25, -0.2) is 8.42 Å². The van der Waals surface area contributed by atoms with Gasteiger partial charge in [0.05, 0.1) is 11.3 Å². The number of esters is 1. The molecule has 0 amide bonds. The SMILES string of the molecule is O=C1C[C@@H](c2ccccc2)[C@H](S(=O)(=O)c2ccccc2)[C@H](c2ccccc2)O1. The maximum Gasteiger partial charge on any atom is 0.307 e. The maximum atomic E-state index is 13.7. The van der Waals surface area contributed by atoms with E-state index in [0.717, 1.165) is 5.56 Å². The van der Waals surface area contributed by atoms with Crippen molar-refractivity contribution in [2.75, 3.05) is 0 Å². The van der Waals surface area contributed by atoms with Crippen molar-refractivity contribution in [3.63, 3.8) is 0 Å². The van der Waals surface area contributed by atoms with Gasteiger partial charge in [-0.1, -0.05) is 78.9 Å². The molecule has 3 atom stereocenters. The van der Waals surface area contributed by atoms with Gasteiger partial charge in [0.25, 0.3) is 0 Å². The van der Waals surface area contributed by atoms with E-state index in [-0.39, 0.29) is 17.3 Å². The van der Waals surface area contributed by atoms with Crippen LogP contribution in [0.1, 0.15) is 29.6 Å². The zero-order valence-electron chi connectivity index (χ0n) is 15.1. The minimum absolute atomic E-state index is 0.0318. The summed E-state index contributed by atoms with van der Waals surface area (Å²) in [6.45, 7) is 0. The molecule has 0 aliphatic carbocycles. The number of sulfone groups is 1. The lowest BCUT2D eigenvalue weighted by Crippen LogP contribution is -2.42. The van der Waals surface area contributed by atoms with Crippen molar-refractivity contribution in [1.29, 1.82) is 0 Å². The van der Waals surface area contributed by atoms with Gasteiger partial charge in [0.15, 0.2) is 9.84 Å². The summed E-state index contributed by atoms with van der Waals surface area (Å²) in [4.78, 5) is 12.7. The number of hydrogen-bond acceptors (Lipinski definition) is 4. The van der Waals surface area contributed by atoms with Crippen molar-refractivity contribution in [2.24, 2.45) is 0 Å². The molecule has 0 radical (unpaired) electrons. The fourth-order valence-corrected chi connectivity index (χ4v) is 5.89. The van der Waals surface area contributed by atoms with E-state index < -0.39 is 27.1 Å². The first-order chi connectivity index (χ1) is 13.6. The molecule has 1 saturated heterocycles. The first-order valence-corrected chi connectivity index (χ1v) is 10.7. The number of carbonyl (C=O) groups excluding carboxylic acids is 1. The molecule has 1 heterocycles. The summed E-state index contributed by atoms with van der Waals surface area (Å²) >= 11 is 0. The summed E-state index contributed by atoms with van der Waals surface area (Å²) < 4.78 is 33.0. The summed E-state index contributed by atoms with van der Waals surface area (Å²) in [5.74, 6) is -0.875. The van der Waals surface area contributed by atoms with Gasteiger partial charge in [0.1, 0.15) is 11.4 Å². The van der Waals surface area contributed by atoms with Crippen molar-refractivity contribution in [3.05, 3.63) is 102 Å². The van der Waals surface area contributed by atoms with Crippen molar-refractivity contribution < 1.29 is 17.9 Å². The van der Waals surface area contributed by atoms with E-state index in [9.17, 15) is 13.2 Å².